The molecular formula is C14H30ClNO6S. The molecule has 0 aromatic carbocycles. The van der Waals surface area contributed by atoms with Crippen LogP contribution < -0.4 is 4.84 Å². The van der Waals surface area contributed by atoms with Crippen molar-refractivity contribution in [2.24, 2.45) is 0 Å². The maximum Gasteiger partial charge on any atom is 0.152 e. The smallest absolute Gasteiger partial charge is 0.152 e. The summed E-state index contributed by atoms with van der Waals surface area (Å²) < 4.78 is 44.3. The minimum atomic E-state index is -3.13. The quantitative estimate of drug-likeness (QED) is 0.318. The predicted octanol–water partition coefficient (Wildman–Crippen LogP) is 1.01. The van der Waals surface area contributed by atoms with Crippen LogP contribution >= 0.6 is 11.8 Å². The van der Waals surface area contributed by atoms with Crippen molar-refractivity contribution < 1.29 is 27.4 Å². The van der Waals surface area contributed by atoms with E-state index in [-0.39, 0.29) is 18.1 Å². The van der Waals surface area contributed by atoms with Gasteiger partial charge in [-0.25, -0.2) is 13.3 Å². The minimum Gasteiger partial charge on any atom is -0.382 e. The van der Waals surface area contributed by atoms with Crippen molar-refractivity contribution in [3.05, 3.63) is 0 Å². The van der Waals surface area contributed by atoms with E-state index >= 15 is 0 Å². The van der Waals surface area contributed by atoms with Crippen molar-refractivity contribution in [3.8, 4) is 0 Å². The van der Waals surface area contributed by atoms with Gasteiger partial charge in [0.15, 0.2) is 9.84 Å². The highest BCUT2D eigenvalue weighted by molar-refractivity contribution is 7.91. The molecule has 0 aliphatic carbocycles. The Balaban J connectivity index is 3.49. The van der Waals surface area contributed by atoms with E-state index in [4.69, 9.17) is 30.7 Å². The lowest BCUT2D eigenvalue weighted by atomic mass is 10.0. The third kappa shape index (κ3) is 15.3. The molecule has 0 rings (SSSR count). The monoisotopic (exact) mass is 375 g/mol. The Hall–Kier alpha value is 0.0400. The van der Waals surface area contributed by atoms with E-state index < -0.39 is 15.4 Å². The van der Waals surface area contributed by atoms with E-state index in [1.54, 1.807) is 7.11 Å². The average Bonchev–Trinajstić information content (AvgIpc) is 2.51. The third-order valence-electron chi connectivity index (χ3n) is 3.01. The van der Waals surface area contributed by atoms with Gasteiger partial charge < -0.3 is 18.9 Å². The van der Waals surface area contributed by atoms with Crippen LogP contribution in [0.3, 0.4) is 0 Å². The van der Waals surface area contributed by atoms with Crippen LogP contribution in [0.25, 0.3) is 0 Å². The van der Waals surface area contributed by atoms with Gasteiger partial charge in [-0.3, -0.25) is 0 Å². The molecule has 0 aliphatic heterocycles. The standard InChI is InChI=1S/C14H30ClNO6S/c1-14(2,16-15)4-12-23(17,18)13-11-22-10-9-21-8-7-20-6-5-19-3/h16H,4-13H2,1-3H3. The number of methoxy groups -OCH3 is 1. The fourth-order valence-electron chi connectivity index (χ4n) is 1.43. The number of ether oxygens (including phenoxy) is 4. The molecule has 0 bridgehead atoms. The molecule has 23 heavy (non-hydrogen) atoms. The second kappa shape index (κ2) is 13.3. The average molecular weight is 376 g/mol. The van der Waals surface area contributed by atoms with Gasteiger partial charge in [-0.1, -0.05) is 0 Å². The van der Waals surface area contributed by atoms with Gasteiger partial charge in [0.25, 0.3) is 0 Å². The van der Waals surface area contributed by atoms with Crippen LogP contribution in [-0.4, -0.2) is 78.8 Å². The largest absolute Gasteiger partial charge is 0.382 e. The topological polar surface area (TPSA) is 83.1 Å². The Morgan fingerprint density at radius 1 is 0.870 bits per heavy atom. The summed E-state index contributed by atoms with van der Waals surface area (Å²) in [6.45, 7) is 6.74. The molecule has 1 N–H and O–H groups in total. The molecule has 0 heterocycles. The molecule has 0 aliphatic rings. The lowest BCUT2D eigenvalue weighted by Crippen LogP contribution is -2.35. The van der Waals surface area contributed by atoms with Crippen LogP contribution in [0.2, 0.25) is 0 Å². The summed E-state index contributed by atoms with van der Waals surface area (Å²) in [4.78, 5) is 2.57. The number of rotatable bonds is 16. The fourth-order valence-corrected chi connectivity index (χ4v) is 2.92. The van der Waals surface area contributed by atoms with Crippen molar-refractivity contribution >= 4 is 21.6 Å². The molecule has 0 spiro atoms. The zero-order valence-electron chi connectivity index (χ0n) is 14.3. The van der Waals surface area contributed by atoms with E-state index in [9.17, 15) is 8.42 Å². The summed E-state index contributed by atoms with van der Waals surface area (Å²) in [6.07, 6.45) is 0.449. The lowest BCUT2D eigenvalue weighted by molar-refractivity contribution is 0.00555. The SMILES string of the molecule is COCCOCCOCCOCCS(=O)(=O)CCC(C)(C)NCl. The van der Waals surface area contributed by atoms with Gasteiger partial charge in [0.05, 0.1) is 57.8 Å². The van der Waals surface area contributed by atoms with Crippen LogP contribution in [-0.2, 0) is 28.8 Å². The van der Waals surface area contributed by atoms with E-state index in [1.165, 1.54) is 0 Å². The van der Waals surface area contributed by atoms with Gasteiger partial charge >= 0.3 is 0 Å². The predicted molar refractivity (Wildman–Crippen MR) is 90.7 cm³/mol. The zero-order valence-corrected chi connectivity index (χ0v) is 15.9. The number of halogens is 1. The maximum atomic E-state index is 11.8. The summed E-state index contributed by atoms with van der Waals surface area (Å²) in [7, 11) is -1.51. The van der Waals surface area contributed by atoms with Crippen molar-refractivity contribution in [1.82, 2.24) is 4.84 Å². The Labute approximate surface area is 145 Å². The molecule has 0 saturated heterocycles. The van der Waals surface area contributed by atoms with Crippen molar-refractivity contribution in [2.45, 2.75) is 25.8 Å². The number of sulfone groups is 1. The highest BCUT2D eigenvalue weighted by atomic mass is 35.5. The van der Waals surface area contributed by atoms with E-state index in [1.807, 2.05) is 13.8 Å². The van der Waals surface area contributed by atoms with Crippen LogP contribution in [0.5, 0.6) is 0 Å². The van der Waals surface area contributed by atoms with Gasteiger partial charge in [0, 0.05) is 12.6 Å². The molecule has 0 unspecified atom stereocenters. The van der Waals surface area contributed by atoms with Gasteiger partial charge in [-0.2, -0.15) is 0 Å². The summed E-state index contributed by atoms with van der Waals surface area (Å²) in [6, 6.07) is 0. The Morgan fingerprint density at radius 3 is 1.83 bits per heavy atom. The van der Waals surface area contributed by atoms with Gasteiger partial charge in [-0.05, 0) is 32.0 Å². The molecule has 0 radical (unpaired) electrons. The molecule has 0 aromatic heterocycles. The lowest BCUT2D eigenvalue weighted by Gasteiger charge is -2.21. The van der Waals surface area contributed by atoms with Gasteiger partial charge in [0.2, 0.25) is 0 Å². The van der Waals surface area contributed by atoms with Crippen LogP contribution in [0.1, 0.15) is 20.3 Å². The Bertz CT molecular complexity index is 377. The molecule has 9 heteroatoms. The first kappa shape index (κ1) is 23.0. The Kier molecular flexibility index (Phi) is 13.4. The number of nitrogens with one attached hydrogen (secondary N) is 1. The molecule has 0 saturated carbocycles. The number of hydrogen-bond acceptors (Lipinski definition) is 7. The van der Waals surface area contributed by atoms with Crippen molar-refractivity contribution in [3.63, 3.8) is 0 Å². The van der Waals surface area contributed by atoms with Crippen LogP contribution in [0.15, 0.2) is 0 Å². The molecule has 0 amide bonds. The third-order valence-corrected chi connectivity index (χ3v) is 5.13. The van der Waals surface area contributed by atoms with Crippen molar-refractivity contribution in [2.75, 3.05) is 64.9 Å². The summed E-state index contributed by atoms with van der Waals surface area (Å²) in [5.41, 5.74) is -0.408. The molecule has 7 nitrogen and oxygen atoms in total. The molecule has 0 atom stereocenters. The van der Waals surface area contributed by atoms with Gasteiger partial charge in [-0.15, -0.1) is 0 Å². The highest BCUT2D eigenvalue weighted by Gasteiger charge is 2.20. The minimum absolute atomic E-state index is 0.00545. The normalized spacial score (nSPS) is 12.7. The maximum absolute atomic E-state index is 11.8. The molecule has 140 valence electrons. The second-order valence-electron chi connectivity index (χ2n) is 5.71. The molecular weight excluding hydrogens is 346 g/mol. The first-order chi connectivity index (χ1) is 10.8. The molecule has 0 fully saturated rings. The summed E-state index contributed by atoms with van der Waals surface area (Å²) in [5, 5.41) is 0. The van der Waals surface area contributed by atoms with E-state index in [0.29, 0.717) is 46.1 Å². The van der Waals surface area contributed by atoms with E-state index in [2.05, 4.69) is 4.84 Å². The number of hydrogen-bond donors (Lipinski definition) is 1. The fraction of sp³-hybridized carbons (Fsp3) is 1.00. The van der Waals surface area contributed by atoms with Crippen LogP contribution in [0, 0.1) is 0 Å². The molecule has 0 aromatic rings. The summed E-state index contributed by atoms with van der Waals surface area (Å²) >= 11 is 5.55. The van der Waals surface area contributed by atoms with Gasteiger partial charge in [0.1, 0.15) is 0 Å². The first-order valence-corrected chi connectivity index (χ1v) is 9.83. The van der Waals surface area contributed by atoms with E-state index in [0.717, 1.165) is 0 Å². The highest BCUT2D eigenvalue weighted by Crippen LogP contribution is 2.11. The first-order valence-electron chi connectivity index (χ1n) is 7.63. The second-order valence-corrected chi connectivity index (χ2v) is 8.20. The Morgan fingerprint density at radius 2 is 1.35 bits per heavy atom. The zero-order chi connectivity index (χ0) is 17.6. The van der Waals surface area contributed by atoms with Crippen molar-refractivity contribution in [1.29, 1.82) is 0 Å². The van der Waals surface area contributed by atoms with Crippen LogP contribution in [0.4, 0.5) is 0 Å². The summed E-state index contributed by atoms with van der Waals surface area (Å²) in [5.74, 6) is 0.0872.